The molecular weight excluding hydrogens is 416 g/mol. The van der Waals surface area contributed by atoms with E-state index in [0.717, 1.165) is 12.8 Å². The van der Waals surface area contributed by atoms with E-state index in [9.17, 15) is 14.4 Å². The van der Waals surface area contributed by atoms with E-state index in [2.05, 4.69) is 0 Å². The minimum atomic E-state index is -0.992. The Balaban J connectivity index is 1.51. The fourth-order valence-corrected chi connectivity index (χ4v) is 4.54. The summed E-state index contributed by atoms with van der Waals surface area (Å²) in [7, 11) is 0. The summed E-state index contributed by atoms with van der Waals surface area (Å²) in [5.41, 5.74) is 1.88. The molecule has 1 amide bonds. The first-order valence-electron chi connectivity index (χ1n) is 11.2. The molecule has 1 aliphatic heterocycles. The van der Waals surface area contributed by atoms with Crippen molar-refractivity contribution in [2.24, 2.45) is 0 Å². The lowest BCUT2D eigenvalue weighted by Gasteiger charge is -2.24. The molecule has 4 aromatic rings. The van der Waals surface area contributed by atoms with Gasteiger partial charge in [-0.3, -0.25) is 14.4 Å². The normalized spacial score (nSPS) is 14.5. The van der Waals surface area contributed by atoms with Gasteiger partial charge in [0.25, 0.3) is 5.91 Å². The molecule has 0 radical (unpaired) electrons. The number of hydrogen-bond acceptors (Lipinski definition) is 4. The summed E-state index contributed by atoms with van der Waals surface area (Å²) in [4.78, 5) is 41.1. The van der Waals surface area contributed by atoms with Crippen LogP contribution in [0.2, 0.25) is 0 Å². The third kappa shape index (κ3) is 4.00. The molecule has 0 unspecified atom stereocenters. The van der Waals surface area contributed by atoms with Crippen molar-refractivity contribution in [1.82, 2.24) is 9.47 Å². The van der Waals surface area contributed by atoms with Crippen LogP contribution in [0.3, 0.4) is 0 Å². The van der Waals surface area contributed by atoms with E-state index in [0.29, 0.717) is 40.5 Å². The van der Waals surface area contributed by atoms with Crippen LogP contribution in [0.5, 0.6) is 0 Å². The molecule has 166 valence electrons. The summed E-state index contributed by atoms with van der Waals surface area (Å²) >= 11 is 0. The van der Waals surface area contributed by atoms with Gasteiger partial charge >= 0.3 is 5.97 Å². The van der Waals surface area contributed by atoms with Crippen molar-refractivity contribution < 1.29 is 14.3 Å². The molecule has 1 aliphatic rings. The van der Waals surface area contributed by atoms with Crippen LogP contribution in [0.25, 0.3) is 21.8 Å². The molecule has 1 aromatic heterocycles. The van der Waals surface area contributed by atoms with Crippen molar-refractivity contribution in [1.29, 1.82) is 0 Å². The van der Waals surface area contributed by atoms with Gasteiger partial charge in [-0.05, 0) is 37.1 Å². The predicted octanol–water partition coefficient (Wildman–Crippen LogP) is 4.06. The number of para-hydroxylation sites is 2. The lowest BCUT2D eigenvalue weighted by atomic mass is 10.1. The number of carbonyl (C=O) groups is 2. The SMILES string of the molecule is O=C(Cn1c2ccccc2c(=O)c2ccccc21)O[C@@H](C(=O)N1CCCC1)c1ccccc1. The number of aromatic nitrogens is 1. The Morgan fingerprint density at radius 3 is 1.94 bits per heavy atom. The topological polar surface area (TPSA) is 68.6 Å². The number of pyridine rings is 1. The smallest absolute Gasteiger partial charge is 0.327 e. The largest absolute Gasteiger partial charge is 0.446 e. The highest BCUT2D eigenvalue weighted by atomic mass is 16.5. The van der Waals surface area contributed by atoms with E-state index >= 15 is 0 Å². The van der Waals surface area contributed by atoms with Gasteiger partial charge in [-0.25, -0.2) is 0 Å². The third-order valence-electron chi connectivity index (χ3n) is 6.16. The molecule has 6 heteroatoms. The van der Waals surface area contributed by atoms with Gasteiger partial charge in [-0.2, -0.15) is 0 Å². The Kier molecular flexibility index (Phi) is 5.65. The number of benzene rings is 3. The van der Waals surface area contributed by atoms with Gasteiger partial charge in [0.2, 0.25) is 6.10 Å². The Morgan fingerprint density at radius 2 is 1.33 bits per heavy atom. The molecule has 1 saturated heterocycles. The number of rotatable bonds is 5. The van der Waals surface area contributed by atoms with Crippen molar-refractivity contribution in [2.75, 3.05) is 13.1 Å². The second kappa shape index (κ2) is 8.90. The highest BCUT2D eigenvalue weighted by Gasteiger charge is 2.31. The van der Waals surface area contributed by atoms with E-state index in [1.165, 1.54) is 0 Å². The lowest BCUT2D eigenvalue weighted by Crippen LogP contribution is -2.35. The standard InChI is InChI=1S/C27H24N2O4/c30-24(33-26(19-10-2-1-3-11-19)27(32)28-16-8-9-17-28)18-29-22-14-6-4-12-20(22)25(31)21-13-5-7-15-23(21)29/h1-7,10-15,26H,8-9,16-18H2/t26-/m1/s1. The highest BCUT2D eigenvalue weighted by Crippen LogP contribution is 2.24. The minimum Gasteiger partial charge on any atom is -0.446 e. The quantitative estimate of drug-likeness (QED) is 0.347. The highest BCUT2D eigenvalue weighted by molar-refractivity contribution is 5.94. The number of nitrogens with zero attached hydrogens (tertiary/aromatic N) is 2. The summed E-state index contributed by atoms with van der Waals surface area (Å²) in [5.74, 6) is -0.725. The number of likely N-dealkylation sites (tertiary alicyclic amines) is 1. The molecule has 5 rings (SSSR count). The Bertz CT molecular complexity index is 1330. The van der Waals surface area contributed by atoms with Crippen LogP contribution < -0.4 is 5.43 Å². The number of fused-ring (bicyclic) bond motifs is 2. The number of amides is 1. The number of ether oxygens (including phenoxy) is 1. The molecular formula is C27H24N2O4. The predicted molar refractivity (Wildman–Crippen MR) is 127 cm³/mol. The number of esters is 1. The van der Waals surface area contributed by atoms with E-state index in [1.54, 1.807) is 45.9 Å². The van der Waals surface area contributed by atoms with Gasteiger partial charge in [-0.1, -0.05) is 54.6 Å². The molecule has 33 heavy (non-hydrogen) atoms. The van der Waals surface area contributed by atoms with Gasteiger partial charge in [-0.15, -0.1) is 0 Å². The van der Waals surface area contributed by atoms with Crippen LogP contribution in [0.15, 0.2) is 83.7 Å². The summed E-state index contributed by atoms with van der Waals surface area (Å²) < 4.78 is 7.60. The Hall–Kier alpha value is -3.93. The van der Waals surface area contributed by atoms with Gasteiger partial charge in [0.15, 0.2) is 5.43 Å². The zero-order chi connectivity index (χ0) is 22.8. The number of carbonyl (C=O) groups excluding carboxylic acids is 2. The molecule has 1 atom stereocenters. The van der Waals surface area contributed by atoms with Crippen molar-refractivity contribution in [2.45, 2.75) is 25.5 Å². The van der Waals surface area contributed by atoms with Crippen LogP contribution >= 0.6 is 0 Å². The maximum absolute atomic E-state index is 13.2. The molecule has 0 spiro atoms. The van der Waals surface area contributed by atoms with Gasteiger partial charge < -0.3 is 14.2 Å². The first kappa shape index (κ1) is 20.9. The van der Waals surface area contributed by atoms with Crippen LogP contribution in [0.4, 0.5) is 0 Å². The van der Waals surface area contributed by atoms with E-state index < -0.39 is 12.1 Å². The lowest BCUT2D eigenvalue weighted by molar-refractivity contribution is -0.160. The first-order valence-corrected chi connectivity index (χ1v) is 11.2. The van der Waals surface area contributed by atoms with Crippen molar-refractivity contribution in [3.63, 3.8) is 0 Å². The Morgan fingerprint density at radius 1 is 0.788 bits per heavy atom. The van der Waals surface area contributed by atoms with Gasteiger partial charge in [0.05, 0.1) is 11.0 Å². The molecule has 0 saturated carbocycles. The van der Waals surface area contributed by atoms with Crippen LogP contribution in [0, 0.1) is 0 Å². The molecule has 1 fully saturated rings. The van der Waals surface area contributed by atoms with Crippen LogP contribution in [-0.2, 0) is 20.9 Å². The maximum atomic E-state index is 13.2. The van der Waals surface area contributed by atoms with Gasteiger partial charge in [0, 0.05) is 29.4 Å². The molecule has 0 bridgehead atoms. The molecule has 0 aliphatic carbocycles. The second-order valence-corrected chi connectivity index (χ2v) is 8.26. The van der Waals surface area contributed by atoms with Crippen molar-refractivity contribution in [3.8, 4) is 0 Å². The fraction of sp³-hybridized carbons (Fsp3) is 0.222. The summed E-state index contributed by atoms with van der Waals surface area (Å²) in [5, 5.41) is 1.08. The summed E-state index contributed by atoms with van der Waals surface area (Å²) in [6.45, 7) is 1.24. The second-order valence-electron chi connectivity index (χ2n) is 8.26. The average Bonchev–Trinajstić information content (AvgIpc) is 3.40. The number of hydrogen-bond donors (Lipinski definition) is 0. The monoisotopic (exact) mass is 440 g/mol. The molecule has 0 N–H and O–H groups in total. The minimum absolute atomic E-state index is 0.0720. The van der Waals surface area contributed by atoms with E-state index in [1.807, 2.05) is 42.5 Å². The average molecular weight is 440 g/mol. The maximum Gasteiger partial charge on any atom is 0.327 e. The zero-order valence-electron chi connectivity index (χ0n) is 18.1. The fourth-order valence-electron chi connectivity index (χ4n) is 4.54. The third-order valence-corrected chi connectivity index (χ3v) is 6.16. The van der Waals surface area contributed by atoms with Crippen molar-refractivity contribution in [3.05, 3.63) is 94.6 Å². The van der Waals surface area contributed by atoms with Crippen LogP contribution in [0.1, 0.15) is 24.5 Å². The van der Waals surface area contributed by atoms with Crippen molar-refractivity contribution >= 4 is 33.7 Å². The first-order chi connectivity index (χ1) is 16.1. The van der Waals surface area contributed by atoms with E-state index in [4.69, 9.17) is 4.74 Å². The van der Waals surface area contributed by atoms with E-state index in [-0.39, 0.29) is 17.9 Å². The zero-order valence-corrected chi connectivity index (χ0v) is 18.1. The molecule has 2 heterocycles. The Labute approximate surface area is 191 Å². The van der Waals surface area contributed by atoms with Crippen LogP contribution in [-0.4, -0.2) is 34.4 Å². The molecule has 6 nitrogen and oxygen atoms in total. The molecule has 3 aromatic carbocycles. The van der Waals surface area contributed by atoms with Gasteiger partial charge in [0.1, 0.15) is 6.54 Å². The summed E-state index contributed by atoms with van der Waals surface area (Å²) in [6.07, 6.45) is 0.918. The summed E-state index contributed by atoms with van der Waals surface area (Å²) in [6, 6.07) is 23.6.